The molecule has 0 N–H and O–H groups in total. The van der Waals surface area contributed by atoms with Crippen LogP contribution < -0.4 is 0 Å². The monoisotopic (exact) mass is 212 g/mol. The summed E-state index contributed by atoms with van der Waals surface area (Å²) in [6.07, 6.45) is 11.9. The van der Waals surface area contributed by atoms with E-state index in [2.05, 4.69) is 0 Å². The highest BCUT2D eigenvalue weighted by atomic mass is 35.5. The second kappa shape index (κ2) is 3.40. The molecule has 0 saturated heterocycles. The largest absolute Gasteiger partial charge is 0.126 e. The van der Waals surface area contributed by atoms with Crippen molar-refractivity contribution in [2.45, 2.75) is 51.4 Å². The average Bonchev–Trinajstić information content (AvgIpc) is 2.94. The van der Waals surface area contributed by atoms with Crippen molar-refractivity contribution >= 4 is 11.6 Å². The molecule has 14 heavy (non-hydrogen) atoms. The summed E-state index contributed by atoms with van der Waals surface area (Å²) < 4.78 is 0. The summed E-state index contributed by atoms with van der Waals surface area (Å²) in [5, 5.41) is 0. The zero-order chi connectivity index (χ0) is 9.60. The van der Waals surface area contributed by atoms with Crippen LogP contribution in [0.3, 0.4) is 0 Å². The molecule has 2 bridgehead atoms. The van der Waals surface area contributed by atoms with E-state index in [0.717, 1.165) is 23.6 Å². The Kier molecular flexibility index (Phi) is 2.31. The summed E-state index contributed by atoms with van der Waals surface area (Å²) in [5.41, 5.74) is 0.585. The normalized spacial score (nSPS) is 44.8. The van der Waals surface area contributed by atoms with E-state index in [0.29, 0.717) is 5.41 Å². The van der Waals surface area contributed by atoms with Crippen LogP contribution in [0.2, 0.25) is 0 Å². The lowest BCUT2D eigenvalue weighted by molar-refractivity contribution is 0.131. The van der Waals surface area contributed by atoms with E-state index in [9.17, 15) is 0 Å². The third-order valence-electron chi connectivity index (χ3n) is 5.39. The molecule has 0 amide bonds. The first-order valence-corrected chi connectivity index (χ1v) is 6.93. The predicted molar refractivity (Wildman–Crippen MR) is 60.6 cm³/mol. The van der Waals surface area contributed by atoms with E-state index < -0.39 is 0 Å². The third kappa shape index (κ3) is 1.26. The van der Waals surface area contributed by atoms with Crippen molar-refractivity contribution in [1.82, 2.24) is 0 Å². The zero-order valence-electron chi connectivity index (χ0n) is 8.97. The molecule has 80 valence electrons. The first kappa shape index (κ1) is 9.51. The summed E-state index contributed by atoms with van der Waals surface area (Å²) in [4.78, 5) is 0. The highest BCUT2D eigenvalue weighted by Crippen LogP contribution is 2.59. The fourth-order valence-corrected chi connectivity index (χ4v) is 5.14. The fourth-order valence-electron chi connectivity index (χ4n) is 4.68. The molecule has 3 saturated carbocycles. The molecule has 0 nitrogen and oxygen atoms in total. The fraction of sp³-hybridized carbons (Fsp3) is 1.00. The van der Waals surface area contributed by atoms with Gasteiger partial charge in [-0.1, -0.05) is 19.3 Å². The lowest BCUT2D eigenvalue weighted by Gasteiger charge is -2.39. The second-order valence-corrected chi connectivity index (χ2v) is 6.25. The topological polar surface area (TPSA) is 0 Å². The minimum Gasteiger partial charge on any atom is -0.126 e. The Morgan fingerprint density at radius 2 is 1.86 bits per heavy atom. The minimum absolute atomic E-state index is 0.585. The van der Waals surface area contributed by atoms with Gasteiger partial charge < -0.3 is 0 Å². The van der Waals surface area contributed by atoms with E-state index >= 15 is 0 Å². The Morgan fingerprint density at radius 1 is 1.07 bits per heavy atom. The van der Waals surface area contributed by atoms with Gasteiger partial charge in [-0.2, -0.15) is 0 Å². The summed E-state index contributed by atoms with van der Waals surface area (Å²) in [6, 6.07) is 0. The van der Waals surface area contributed by atoms with Crippen molar-refractivity contribution in [3.8, 4) is 0 Å². The van der Waals surface area contributed by atoms with Gasteiger partial charge in [0.2, 0.25) is 0 Å². The van der Waals surface area contributed by atoms with E-state index in [4.69, 9.17) is 11.6 Å². The summed E-state index contributed by atoms with van der Waals surface area (Å²) in [6.45, 7) is 0. The third-order valence-corrected chi connectivity index (χ3v) is 5.92. The molecule has 0 aromatic heterocycles. The maximum Gasteiger partial charge on any atom is 0.0282 e. The first-order chi connectivity index (χ1) is 6.84. The van der Waals surface area contributed by atoms with E-state index in [-0.39, 0.29) is 0 Å². The van der Waals surface area contributed by atoms with Crippen LogP contribution in [0, 0.1) is 23.2 Å². The SMILES string of the molecule is ClCC1(C2CC3CCC2C3)CCCC1. The number of alkyl halides is 1. The Morgan fingerprint density at radius 3 is 2.36 bits per heavy atom. The minimum atomic E-state index is 0.585. The zero-order valence-corrected chi connectivity index (χ0v) is 9.73. The molecule has 3 rings (SSSR count). The quantitative estimate of drug-likeness (QED) is 0.602. The lowest BCUT2D eigenvalue weighted by atomic mass is 9.68. The van der Waals surface area contributed by atoms with Crippen LogP contribution in [0.4, 0.5) is 0 Å². The van der Waals surface area contributed by atoms with Crippen LogP contribution in [-0.2, 0) is 0 Å². The second-order valence-electron chi connectivity index (χ2n) is 5.98. The van der Waals surface area contributed by atoms with Crippen LogP contribution in [0.15, 0.2) is 0 Å². The van der Waals surface area contributed by atoms with Crippen molar-refractivity contribution in [1.29, 1.82) is 0 Å². The van der Waals surface area contributed by atoms with Gasteiger partial charge in [-0.05, 0) is 55.3 Å². The molecule has 3 unspecified atom stereocenters. The van der Waals surface area contributed by atoms with Crippen LogP contribution in [0.25, 0.3) is 0 Å². The summed E-state index contributed by atoms with van der Waals surface area (Å²) in [5.74, 6) is 4.12. The Balaban J connectivity index is 1.80. The number of halogens is 1. The number of rotatable bonds is 2. The highest BCUT2D eigenvalue weighted by molar-refractivity contribution is 6.18. The van der Waals surface area contributed by atoms with Gasteiger partial charge >= 0.3 is 0 Å². The van der Waals surface area contributed by atoms with Gasteiger partial charge in [0.1, 0.15) is 0 Å². The van der Waals surface area contributed by atoms with Crippen LogP contribution in [-0.4, -0.2) is 5.88 Å². The van der Waals surface area contributed by atoms with Gasteiger partial charge in [-0.3, -0.25) is 0 Å². The Bertz CT molecular complexity index is 217. The molecular weight excluding hydrogens is 192 g/mol. The van der Waals surface area contributed by atoms with Crippen LogP contribution in [0.5, 0.6) is 0 Å². The van der Waals surface area contributed by atoms with Gasteiger partial charge in [0.15, 0.2) is 0 Å². The molecule has 3 aliphatic carbocycles. The summed E-state index contributed by atoms with van der Waals surface area (Å²) in [7, 11) is 0. The average molecular weight is 213 g/mol. The van der Waals surface area contributed by atoms with E-state index in [1.807, 2.05) is 0 Å². The molecule has 1 heteroatoms. The molecule has 3 fully saturated rings. The van der Waals surface area contributed by atoms with E-state index in [1.165, 1.54) is 44.9 Å². The smallest absolute Gasteiger partial charge is 0.0282 e. The van der Waals surface area contributed by atoms with Gasteiger partial charge in [0, 0.05) is 5.88 Å². The van der Waals surface area contributed by atoms with Crippen molar-refractivity contribution in [2.75, 3.05) is 5.88 Å². The Labute approximate surface area is 92.4 Å². The maximum absolute atomic E-state index is 6.28. The number of hydrogen-bond donors (Lipinski definition) is 0. The number of fused-ring (bicyclic) bond motifs is 2. The Hall–Kier alpha value is 0.290. The molecular formula is C13H21Cl. The van der Waals surface area contributed by atoms with Crippen LogP contribution in [0.1, 0.15) is 51.4 Å². The molecule has 0 radical (unpaired) electrons. The molecule has 0 aliphatic heterocycles. The van der Waals surface area contributed by atoms with Crippen molar-refractivity contribution in [2.24, 2.45) is 23.2 Å². The molecule has 3 aliphatic rings. The maximum atomic E-state index is 6.28. The molecule has 0 aromatic rings. The van der Waals surface area contributed by atoms with Gasteiger partial charge in [-0.15, -0.1) is 11.6 Å². The van der Waals surface area contributed by atoms with Crippen LogP contribution >= 0.6 is 11.6 Å². The summed E-state index contributed by atoms with van der Waals surface area (Å²) >= 11 is 6.28. The molecule has 0 heterocycles. The predicted octanol–water partition coefficient (Wildman–Crippen LogP) is 4.22. The van der Waals surface area contributed by atoms with E-state index in [1.54, 1.807) is 6.42 Å². The standard InChI is InChI=1S/C13H21Cl/c14-9-13(5-1-2-6-13)12-8-10-3-4-11(12)7-10/h10-12H,1-9H2. The van der Waals surface area contributed by atoms with Gasteiger partial charge in [-0.25, -0.2) is 0 Å². The van der Waals surface area contributed by atoms with Crippen molar-refractivity contribution in [3.05, 3.63) is 0 Å². The molecule has 3 atom stereocenters. The van der Waals surface area contributed by atoms with Gasteiger partial charge in [0.25, 0.3) is 0 Å². The lowest BCUT2D eigenvalue weighted by Crippen LogP contribution is -2.33. The highest BCUT2D eigenvalue weighted by Gasteiger charge is 2.50. The first-order valence-electron chi connectivity index (χ1n) is 6.40. The van der Waals surface area contributed by atoms with Crippen molar-refractivity contribution in [3.63, 3.8) is 0 Å². The van der Waals surface area contributed by atoms with Crippen molar-refractivity contribution < 1.29 is 0 Å². The molecule has 0 aromatic carbocycles. The number of hydrogen-bond acceptors (Lipinski definition) is 0. The molecule has 0 spiro atoms. The van der Waals surface area contributed by atoms with Gasteiger partial charge in [0.05, 0.1) is 0 Å².